The standard InChI is InChI=1S/C22H30O4.HN.4Sb.4H/c1-15(11-17-7-9-19(23-3)21(13-17)25-5)16(2)12-18-8-10-20(24-4)22(14-18)26-6;;;;;;;;;/h7-10,13-16H,11-12H2,1-6H3;1H;;;;;;;;/t15-,16+;;;;;;;;;. The van der Waals surface area contributed by atoms with Gasteiger partial charge in [0, 0.05) is 24.4 Å². The van der Waals surface area contributed by atoms with Gasteiger partial charge in [-0.1, -0.05) is 26.0 Å². The molecule has 0 heterocycles. The van der Waals surface area contributed by atoms with Crippen molar-refractivity contribution in [3.8, 4) is 23.0 Å². The Balaban J connectivity index is -0.00000152. The van der Waals surface area contributed by atoms with Crippen LogP contribution in [-0.4, -0.2) is 125 Å². The van der Waals surface area contributed by atoms with Crippen LogP contribution in [-0.2, 0) is 12.8 Å². The smallest absolute Gasteiger partial charge is 0 e. The van der Waals surface area contributed by atoms with Crippen molar-refractivity contribution in [2.45, 2.75) is 26.7 Å². The summed E-state index contributed by atoms with van der Waals surface area (Å²) in [5.41, 5.74) is 2.52. The van der Waals surface area contributed by atoms with E-state index in [-0.39, 0.29) is 73.3 Å². The number of ether oxygens (including phenoxy) is 4. The maximum Gasteiger partial charge on any atom is 0 e. The topological polar surface area (TPSA) is 60.8 Å². The summed E-state index contributed by atoms with van der Waals surface area (Å²) in [6.07, 6.45) is 1.99. The van der Waals surface area contributed by atoms with E-state index < -0.39 is 0 Å². The normalized spacial score (nSPS) is 11.0. The summed E-state index contributed by atoms with van der Waals surface area (Å²) in [4.78, 5) is 0. The predicted octanol–water partition coefficient (Wildman–Crippen LogP) is 2.48. The van der Waals surface area contributed by atoms with E-state index in [4.69, 9.17) is 22.5 Å². The van der Waals surface area contributed by atoms with Crippen LogP contribution in [0.25, 0.3) is 0 Å². The Hall–Kier alpha value is 0.713. The summed E-state index contributed by atoms with van der Waals surface area (Å²) in [6.45, 7) is 4.59. The van der Waals surface area contributed by atoms with Gasteiger partial charge in [0.15, 0.2) is 23.0 Å². The fraction of sp³-hybridized carbons (Fsp3) is 0.455. The van der Waals surface area contributed by atoms with Crippen LogP contribution in [0, 0.1) is 15.3 Å². The summed E-state index contributed by atoms with van der Waals surface area (Å²) in [7, 11) is 6.66. The first-order chi connectivity index (χ1) is 13.5. The summed E-state index contributed by atoms with van der Waals surface area (Å²) >= 11 is 1.00. The van der Waals surface area contributed by atoms with Crippen LogP contribution in [0.1, 0.15) is 25.0 Å². The summed E-state index contributed by atoms with van der Waals surface area (Å²) in [5, 5.41) is 0. The van der Waals surface area contributed by atoms with Crippen molar-refractivity contribution >= 4 is 96.1 Å². The minimum Gasteiger partial charge on any atom is 0 e. The van der Waals surface area contributed by atoms with Gasteiger partial charge in [0.05, 0.1) is 28.4 Å². The number of methoxy groups -OCH3 is 4. The maximum atomic E-state index is 5.80. The van der Waals surface area contributed by atoms with Gasteiger partial charge in [-0.05, 0) is 60.1 Å². The van der Waals surface area contributed by atoms with E-state index in [1.54, 1.807) is 28.4 Å². The summed E-state index contributed by atoms with van der Waals surface area (Å²) in [5.74, 6) is 4.15. The van der Waals surface area contributed by atoms with Crippen molar-refractivity contribution in [1.82, 2.24) is 0 Å². The Kier molecular flexibility index (Phi) is 23.5. The van der Waals surface area contributed by atoms with Gasteiger partial charge in [0.2, 0.25) is 0 Å². The monoisotopic (exact) mass is 861 g/mol. The first-order valence-corrected chi connectivity index (χ1v) is 10.4. The average molecular weight is 865 g/mol. The number of rotatable bonds is 9. The Morgan fingerprint density at radius 3 is 1.19 bits per heavy atom. The Bertz CT molecular complexity index is 688. The predicted molar refractivity (Wildman–Crippen MR) is 136 cm³/mol. The molecule has 0 aliphatic carbocycles. The van der Waals surface area contributed by atoms with Crippen LogP contribution < -0.4 is 18.9 Å². The molecule has 31 heavy (non-hydrogen) atoms. The van der Waals surface area contributed by atoms with Crippen LogP contribution in [0.2, 0.25) is 0 Å². The first kappa shape index (κ1) is 36.3. The fourth-order valence-corrected chi connectivity index (χ4v) is 3.16. The molecule has 2 atom stereocenters. The zero-order chi connectivity index (χ0) is 21.1. The van der Waals surface area contributed by atoms with Crippen molar-refractivity contribution < 1.29 is 18.9 Å². The molecule has 0 aromatic heterocycles. The second-order valence-corrected chi connectivity index (χ2v) is 6.74. The molecule has 0 saturated carbocycles. The number of hydrogen-bond acceptors (Lipinski definition) is 5. The Morgan fingerprint density at radius 2 is 0.935 bits per heavy atom. The molecule has 0 unspecified atom stereocenters. The van der Waals surface area contributed by atoms with Crippen molar-refractivity contribution in [1.29, 1.82) is 3.51 Å². The molecule has 2 rings (SSSR count). The quantitative estimate of drug-likeness (QED) is 0.395. The molecular weight excluding hydrogens is 829 g/mol. The molecule has 2 aromatic carbocycles. The van der Waals surface area contributed by atoms with E-state index >= 15 is 0 Å². The van der Waals surface area contributed by atoms with Crippen molar-refractivity contribution in [2.75, 3.05) is 28.4 Å². The number of nitrogens with one attached hydrogen (secondary N) is 1. The van der Waals surface area contributed by atoms with Crippen LogP contribution in [0.5, 0.6) is 23.0 Å². The third-order valence-electron chi connectivity index (χ3n) is 4.98. The molecule has 5 nitrogen and oxygen atoms in total. The molecule has 0 amide bonds. The van der Waals surface area contributed by atoms with Crippen molar-refractivity contribution in [3.63, 3.8) is 0 Å². The first-order valence-electron chi connectivity index (χ1n) is 9.16. The average Bonchev–Trinajstić information content (AvgIpc) is 2.74. The molecule has 172 valence electrons. The minimum absolute atomic E-state index is 0. The number of hydrogen-bond donors (Lipinski definition) is 1. The van der Waals surface area contributed by atoms with Crippen molar-refractivity contribution in [2.24, 2.45) is 11.8 Å². The van der Waals surface area contributed by atoms with Gasteiger partial charge in [-0.3, -0.25) is 0 Å². The van der Waals surface area contributed by atoms with E-state index in [1.807, 2.05) is 12.1 Å². The Labute approximate surface area is 253 Å². The molecule has 0 aliphatic rings. The third kappa shape index (κ3) is 11.6. The van der Waals surface area contributed by atoms with E-state index in [9.17, 15) is 0 Å². The second-order valence-electron chi connectivity index (χ2n) is 6.74. The van der Waals surface area contributed by atoms with E-state index in [0.29, 0.717) is 11.8 Å². The molecule has 1 N–H and O–H groups in total. The molecule has 0 fully saturated rings. The van der Waals surface area contributed by atoms with Gasteiger partial charge in [0.1, 0.15) is 0 Å². The van der Waals surface area contributed by atoms with Crippen LogP contribution >= 0.6 is 0 Å². The van der Waals surface area contributed by atoms with Gasteiger partial charge < -0.3 is 18.9 Å². The summed E-state index contributed by atoms with van der Waals surface area (Å²) < 4.78 is 27.3. The molecule has 2 aromatic rings. The Morgan fingerprint density at radius 1 is 0.645 bits per heavy atom. The zero-order valence-electron chi connectivity index (χ0n) is 19.2. The van der Waals surface area contributed by atoms with Crippen molar-refractivity contribution in [3.05, 3.63) is 47.5 Å². The SMILES string of the molecule is COc1ccc(C[C@@H](C)[C@@H](C)Cc2ccc(OC)c(OC)c2)cc1OC.[NH]=[Sb].[SbH2].[SbH2].[Sb]. The van der Waals surface area contributed by atoms with Gasteiger partial charge in [-0.2, -0.15) is 0 Å². The maximum absolute atomic E-state index is 5.80. The molecule has 0 aliphatic heterocycles. The van der Waals surface area contributed by atoms with Gasteiger partial charge in [-0.25, -0.2) is 0 Å². The zero-order valence-corrected chi connectivity index (χ0v) is 30.9. The molecule has 9 heteroatoms. The largest absolute Gasteiger partial charge is 0 e. The van der Waals surface area contributed by atoms with Crippen LogP contribution in [0.3, 0.4) is 0 Å². The van der Waals surface area contributed by atoms with Crippen LogP contribution in [0.15, 0.2) is 36.4 Å². The summed E-state index contributed by atoms with van der Waals surface area (Å²) in [6, 6.07) is 12.3. The molecular formula is C22H35NO4Sb4. The fourth-order valence-electron chi connectivity index (χ4n) is 3.16. The van der Waals surface area contributed by atoms with Crippen LogP contribution in [0.4, 0.5) is 0 Å². The minimum atomic E-state index is 0. The molecule has 0 saturated heterocycles. The number of benzene rings is 2. The van der Waals surface area contributed by atoms with Gasteiger partial charge >= 0.3 is 75.2 Å². The van der Waals surface area contributed by atoms with E-state index in [2.05, 4.69) is 38.1 Å². The third-order valence-corrected chi connectivity index (χ3v) is 4.98. The molecule has 6 radical (unpaired) electrons. The van der Waals surface area contributed by atoms with E-state index in [0.717, 1.165) is 58.7 Å². The second kappa shape index (κ2) is 20.1. The van der Waals surface area contributed by atoms with Gasteiger partial charge in [0.25, 0.3) is 0 Å². The van der Waals surface area contributed by atoms with Gasteiger partial charge in [-0.15, -0.1) is 0 Å². The van der Waals surface area contributed by atoms with E-state index in [1.165, 1.54) is 11.1 Å². The molecule has 0 spiro atoms. The molecule has 0 bridgehead atoms.